The van der Waals surface area contributed by atoms with Gasteiger partial charge in [-0.2, -0.15) is 0 Å². The molecule has 1 aliphatic rings. The molecule has 0 saturated carbocycles. The third kappa shape index (κ3) is 3.57. The maximum Gasteiger partial charge on any atom is 0.00673 e. The molecule has 12 heavy (non-hydrogen) atoms. The fourth-order valence-electron chi connectivity index (χ4n) is 1.84. The lowest BCUT2D eigenvalue weighted by Gasteiger charge is -2.28. The van der Waals surface area contributed by atoms with Gasteiger partial charge in [-0.3, -0.25) is 0 Å². The number of rotatable bonds is 3. The molecule has 2 unspecified atom stereocenters. The Bertz CT molecular complexity index is 112. The molecule has 1 fully saturated rings. The van der Waals surface area contributed by atoms with E-state index in [4.69, 9.17) is 0 Å². The molecule has 0 radical (unpaired) electrons. The smallest absolute Gasteiger partial charge is 0.00673 e. The van der Waals surface area contributed by atoms with Gasteiger partial charge < -0.3 is 5.32 Å². The molecule has 0 bridgehead atoms. The summed E-state index contributed by atoms with van der Waals surface area (Å²) >= 11 is 0. The van der Waals surface area contributed by atoms with Gasteiger partial charge in [-0.05, 0) is 44.1 Å². The van der Waals surface area contributed by atoms with Gasteiger partial charge >= 0.3 is 0 Å². The van der Waals surface area contributed by atoms with Gasteiger partial charge in [0, 0.05) is 6.04 Å². The number of hydrogen-bond acceptors (Lipinski definition) is 1. The lowest BCUT2D eigenvalue weighted by atomic mass is 9.92. The first kappa shape index (κ1) is 10.0. The van der Waals surface area contributed by atoms with Crippen LogP contribution in [0, 0.1) is 11.8 Å². The largest absolute Gasteiger partial charge is 0.314 e. The summed E-state index contributed by atoms with van der Waals surface area (Å²) in [4.78, 5) is 0. The number of piperidine rings is 1. The zero-order valence-corrected chi connectivity index (χ0v) is 8.77. The Morgan fingerprint density at radius 3 is 2.58 bits per heavy atom. The second kappa shape index (κ2) is 4.86. The Morgan fingerprint density at radius 1 is 1.33 bits per heavy atom. The maximum absolute atomic E-state index is 3.62. The van der Waals surface area contributed by atoms with E-state index < -0.39 is 0 Å². The predicted octanol–water partition coefficient (Wildman–Crippen LogP) is 2.81. The Morgan fingerprint density at radius 2 is 2.08 bits per heavy atom. The molecule has 72 valence electrons. The molecular formula is C11H23N. The Kier molecular flexibility index (Phi) is 4.07. The highest BCUT2D eigenvalue weighted by atomic mass is 14.9. The predicted molar refractivity (Wildman–Crippen MR) is 54.3 cm³/mol. The molecule has 1 nitrogen and oxygen atoms in total. The maximum atomic E-state index is 3.62. The van der Waals surface area contributed by atoms with Gasteiger partial charge in [0.05, 0.1) is 0 Å². The fraction of sp³-hybridized carbons (Fsp3) is 1.00. The molecule has 0 spiro atoms. The van der Waals surface area contributed by atoms with Gasteiger partial charge in [0.2, 0.25) is 0 Å². The van der Waals surface area contributed by atoms with E-state index in [0.29, 0.717) is 0 Å². The van der Waals surface area contributed by atoms with Crippen molar-refractivity contribution in [3.8, 4) is 0 Å². The molecule has 1 heterocycles. The third-order valence-corrected chi connectivity index (χ3v) is 2.86. The minimum absolute atomic E-state index is 0.823. The van der Waals surface area contributed by atoms with Crippen molar-refractivity contribution in [2.45, 2.75) is 52.5 Å². The summed E-state index contributed by atoms with van der Waals surface area (Å²) in [5.74, 6) is 1.77. The summed E-state index contributed by atoms with van der Waals surface area (Å²) < 4.78 is 0. The molecule has 0 aromatic heterocycles. The van der Waals surface area contributed by atoms with E-state index in [-0.39, 0.29) is 0 Å². The lowest BCUT2D eigenvalue weighted by Crippen LogP contribution is -2.38. The minimum Gasteiger partial charge on any atom is -0.314 e. The molecule has 0 amide bonds. The van der Waals surface area contributed by atoms with Crippen molar-refractivity contribution in [3.63, 3.8) is 0 Å². The Balaban J connectivity index is 2.09. The highest BCUT2D eigenvalue weighted by Gasteiger charge is 2.16. The van der Waals surface area contributed by atoms with Crippen molar-refractivity contribution in [1.29, 1.82) is 0 Å². The normalized spacial score (nSPS) is 31.0. The van der Waals surface area contributed by atoms with Crippen molar-refractivity contribution >= 4 is 0 Å². The molecule has 2 atom stereocenters. The molecule has 0 aromatic rings. The SMILES string of the molecule is CC(C)CCC1CCC(C)CN1. The van der Waals surface area contributed by atoms with Crippen molar-refractivity contribution in [2.75, 3.05) is 6.54 Å². The van der Waals surface area contributed by atoms with E-state index in [2.05, 4.69) is 26.1 Å². The molecule has 1 heteroatoms. The summed E-state index contributed by atoms with van der Waals surface area (Å²) in [6.45, 7) is 8.20. The van der Waals surface area contributed by atoms with Crippen LogP contribution in [0.15, 0.2) is 0 Å². The van der Waals surface area contributed by atoms with E-state index in [9.17, 15) is 0 Å². The summed E-state index contributed by atoms with van der Waals surface area (Å²) in [6, 6.07) is 0.823. The van der Waals surface area contributed by atoms with Crippen LogP contribution in [0.3, 0.4) is 0 Å². The van der Waals surface area contributed by atoms with E-state index in [0.717, 1.165) is 17.9 Å². The van der Waals surface area contributed by atoms with Crippen LogP contribution in [-0.2, 0) is 0 Å². The molecule has 1 saturated heterocycles. The average molecular weight is 169 g/mol. The van der Waals surface area contributed by atoms with Gasteiger partial charge in [-0.1, -0.05) is 20.8 Å². The highest BCUT2D eigenvalue weighted by Crippen LogP contribution is 2.18. The van der Waals surface area contributed by atoms with Gasteiger partial charge in [0.15, 0.2) is 0 Å². The number of hydrogen-bond donors (Lipinski definition) is 1. The zero-order chi connectivity index (χ0) is 8.97. The first-order chi connectivity index (χ1) is 5.68. The third-order valence-electron chi connectivity index (χ3n) is 2.86. The fourth-order valence-corrected chi connectivity index (χ4v) is 1.84. The van der Waals surface area contributed by atoms with E-state index >= 15 is 0 Å². The minimum atomic E-state index is 0.823. The second-order valence-corrected chi connectivity index (χ2v) is 4.76. The van der Waals surface area contributed by atoms with Crippen molar-refractivity contribution in [3.05, 3.63) is 0 Å². The molecule has 1 N–H and O–H groups in total. The summed E-state index contributed by atoms with van der Waals surface area (Å²) in [7, 11) is 0. The van der Waals surface area contributed by atoms with E-state index in [1.165, 1.54) is 32.2 Å². The molecule has 1 rings (SSSR count). The van der Waals surface area contributed by atoms with Crippen LogP contribution in [0.25, 0.3) is 0 Å². The van der Waals surface area contributed by atoms with Crippen molar-refractivity contribution in [2.24, 2.45) is 11.8 Å². The van der Waals surface area contributed by atoms with Crippen LogP contribution < -0.4 is 5.32 Å². The summed E-state index contributed by atoms with van der Waals surface area (Å²) in [5, 5.41) is 3.62. The number of nitrogens with one attached hydrogen (secondary N) is 1. The monoisotopic (exact) mass is 169 g/mol. The van der Waals surface area contributed by atoms with Crippen molar-refractivity contribution < 1.29 is 0 Å². The lowest BCUT2D eigenvalue weighted by molar-refractivity contribution is 0.303. The van der Waals surface area contributed by atoms with Crippen LogP contribution >= 0.6 is 0 Å². The van der Waals surface area contributed by atoms with E-state index in [1.54, 1.807) is 0 Å². The van der Waals surface area contributed by atoms with Crippen molar-refractivity contribution in [1.82, 2.24) is 5.32 Å². The van der Waals surface area contributed by atoms with Gasteiger partial charge in [0.25, 0.3) is 0 Å². The average Bonchev–Trinajstić information content (AvgIpc) is 2.03. The zero-order valence-electron chi connectivity index (χ0n) is 8.77. The van der Waals surface area contributed by atoms with Gasteiger partial charge in [0.1, 0.15) is 0 Å². The van der Waals surface area contributed by atoms with Crippen LogP contribution in [0.2, 0.25) is 0 Å². The van der Waals surface area contributed by atoms with Gasteiger partial charge in [-0.15, -0.1) is 0 Å². The quantitative estimate of drug-likeness (QED) is 0.685. The standard InChI is InChI=1S/C11H23N/c1-9(2)4-6-11-7-5-10(3)8-12-11/h9-12H,4-8H2,1-3H3. The topological polar surface area (TPSA) is 12.0 Å². The molecule has 0 aliphatic carbocycles. The van der Waals surface area contributed by atoms with Crippen LogP contribution in [0.4, 0.5) is 0 Å². The van der Waals surface area contributed by atoms with Crippen LogP contribution in [0.1, 0.15) is 46.5 Å². The second-order valence-electron chi connectivity index (χ2n) is 4.76. The first-order valence-corrected chi connectivity index (χ1v) is 5.42. The Hall–Kier alpha value is -0.0400. The first-order valence-electron chi connectivity index (χ1n) is 5.42. The molecular weight excluding hydrogens is 146 g/mol. The van der Waals surface area contributed by atoms with E-state index in [1.807, 2.05) is 0 Å². The van der Waals surface area contributed by atoms with Crippen LogP contribution in [0.5, 0.6) is 0 Å². The van der Waals surface area contributed by atoms with Crippen LogP contribution in [-0.4, -0.2) is 12.6 Å². The summed E-state index contributed by atoms with van der Waals surface area (Å²) in [5.41, 5.74) is 0. The Labute approximate surface area is 76.9 Å². The summed E-state index contributed by atoms with van der Waals surface area (Å²) in [6.07, 6.45) is 5.58. The molecule has 0 aromatic carbocycles. The molecule has 1 aliphatic heterocycles. The van der Waals surface area contributed by atoms with Gasteiger partial charge in [-0.25, -0.2) is 0 Å². The highest BCUT2D eigenvalue weighted by molar-refractivity contribution is 4.75.